The van der Waals surface area contributed by atoms with Gasteiger partial charge < -0.3 is 9.84 Å². The molecular weight excluding hydrogens is 348 g/mol. The number of hydrogen-bond acceptors (Lipinski definition) is 2. The Bertz CT molecular complexity index is 1140. The highest BCUT2D eigenvalue weighted by Gasteiger charge is 2.17. The number of nitrogens with zero attached hydrogens (tertiary/aromatic N) is 1. The van der Waals surface area contributed by atoms with Crippen molar-refractivity contribution in [2.24, 2.45) is 0 Å². The van der Waals surface area contributed by atoms with Crippen molar-refractivity contribution in [1.82, 2.24) is 0 Å². The van der Waals surface area contributed by atoms with Crippen LogP contribution in [0.5, 0.6) is 5.75 Å². The van der Waals surface area contributed by atoms with Gasteiger partial charge in [-0.05, 0) is 42.0 Å². The summed E-state index contributed by atoms with van der Waals surface area (Å²) in [4.78, 5) is 0. The molecular formula is C22H18F2NO2+. The molecule has 0 aliphatic carbocycles. The van der Waals surface area contributed by atoms with Crippen LogP contribution in [0.25, 0.3) is 32.8 Å². The fourth-order valence-corrected chi connectivity index (χ4v) is 3.46. The van der Waals surface area contributed by atoms with E-state index in [4.69, 9.17) is 4.74 Å². The average Bonchev–Trinajstić information content (AvgIpc) is 2.68. The van der Waals surface area contributed by atoms with Crippen LogP contribution in [0.3, 0.4) is 0 Å². The monoisotopic (exact) mass is 366 g/mol. The third-order valence-electron chi connectivity index (χ3n) is 4.72. The largest absolute Gasteiger partial charge is 0.496 e. The molecule has 0 amide bonds. The van der Waals surface area contributed by atoms with E-state index in [-0.39, 0.29) is 18.2 Å². The van der Waals surface area contributed by atoms with Crippen molar-refractivity contribution >= 4 is 21.7 Å². The van der Waals surface area contributed by atoms with Gasteiger partial charge in [-0.25, -0.2) is 8.78 Å². The Morgan fingerprint density at radius 2 is 1.67 bits per heavy atom. The smallest absolute Gasteiger partial charge is 0.213 e. The molecule has 0 spiro atoms. The van der Waals surface area contributed by atoms with Gasteiger partial charge in [-0.3, -0.25) is 0 Å². The van der Waals surface area contributed by atoms with Crippen molar-refractivity contribution in [3.05, 3.63) is 72.4 Å². The molecule has 1 aromatic heterocycles. The first kappa shape index (κ1) is 17.4. The van der Waals surface area contributed by atoms with Crippen LogP contribution in [0.1, 0.15) is 0 Å². The fourth-order valence-electron chi connectivity index (χ4n) is 3.46. The van der Waals surface area contributed by atoms with Gasteiger partial charge in [-0.1, -0.05) is 12.1 Å². The molecule has 0 saturated carbocycles. The molecule has 0 atom stereocenters. The number of fused-ring (bicyclic) bond motifs is 3. The number of ether oxygens (including phenoxy) is 1. The molecule has 1 N–H and O–H groups in total. The average molecular weight is 366 g/mol. The predicted octanol–water partition coefficient (Wildman–Crippen LogP) is 4.23. The van der Waals surface area contributed by atoms with Crippen molar-refractivity contribution in [3.8, 4) is 16.9 Å². The molecule has 0 radical (unpaired) electrons. The van der Waals surface area contributed by atoms with Crippen LogP contribution < -0.4 is 9.30 Å². The van der Waals surface area contributed by atoms with E-state index >= 15 is 0 Å². The Morgan fingerprint density at radius 3 is 2.37 bits per heavy atom. The lowest BCUT2D eigenvalue weighted by Gasteiger charge is -2.12. The van der Waals surface area contributed by atoms with E-state index in [1.54, 1.807) is 25.3 Å². The zero-order valence-corrected chi connectivity index (χ0v) is 14.7. The number of aliphatic hydroxyl groups excluding tert-OH is 1. The summed E-state index contributed by atoms with van der Waals surface area (Å²) in [5.41, 5.74) is 2.44. The van der Waals surface area contributed by atoms with Crippen molar-refractivity contribution in [3.63, 3.8) is 0 Å². The molecule has 0 saturated heterocycles. The Kier molecular flexibility index (Phi) is 4.46. The van der Waals surface area contributed by atoms with E-state index in [0.29, 0.717) is 12.3 Å². The van der Waals surface area contributed by atoms with E-state index in [0.717, 1.165) is 32.8 Å². The van der Waals surface area contributed by atoms with Gasteiger partial charge in [0.05, 0.1) is 17.9 Å². The summed E-state index contributed by atoms with van der Waals surface area (Å²) in [6, 6.07) is 14.6. The Labute approximate surface area is 155 Å². The number of rotatable bonds is 4. The second kappa shape index (κ2) is 6.93. The second-order valence-electron chi connectivity index (χ2n) is 6.35. The molecule has 1 heterocycles. The van der Waals surface area contributed by atoms with Gasteiger partial charge in [0.15, 0.2) is 12.7 Å². The van der Waals surface area contributed by atoms with Gasteiger partial charge in [0.25, 0.3) is 0 Å². The van der Waals surface area contributed by atoms with Crippen LogP contribution >= 0.6 is 0 Å². The van der Waals surface area contributed by atoms with Crippen molar-refractivity contribution in [1.29, 1.82) is 0 Å². The van der Waals surface area contributed by atoms with Crippen LogP contribution in [0, 0.1) is 11.6 Å². The molecule has 5 heteroatoms. The van der Waals surface area contributed by atoms with Gasteiger partial charge in [-0.2, -0.15) is 4.57 Å². The number of pyridine rings is 1. The maximum absolute atomic E-state index is 14.0. The van der Waals surface area contributed by atoms with Crippen LogP contribution in [0.4, 0.5) is 8.78 Å². The molecule has 4 rings (SSSR count). The summed E-state index contributed by atoms with van der Waals surface area (Å²) >= 11 is 0. The van der Waals surface area contributed by atoms with Crippen LogP contribution in [0.2, 0.25) is 0 Å². The highest BCUT2D eigenvalue weighted by Crippen LogP contribution is 2.36. The maximum atomic E-state index is 14.0. The molecule has 27 heavy (non-hydrogen) atoms. The quantitative estimate of drug-likeness (QED) is 0.433. The van der Waals surface area contributed by atoms with E-state index < -0.39 is 0 Å². The Balaban J connectivity index is 2.07. The molecule has 0 fully saturated rings. The van der Waals surface area contributed by atoms with Gasteiger partial charge in [-0.15, -0.1) is 0 Å². The summed E-state index contributed by atoms with van der Waals surface area (Å²) in [7, 11) is 1.58. The summed E-state index contributed by atoms with van der Waals surface area (Å²) in [6.45, 7) is 0.382. The predicted molar refractivity (Wildman–Crippen MR) is 101 cm³/mol. The molecule has 0 aliphatic heterocycles. The molecule has 0 aliphatic rings. The van der Waals surface area contributed by atoms with Crippen LogP contribution in [0.15, 0.2) is 60.8 Å². The summed E-state index contributed by atoms with van der Waals surface area (Å²) in [5.74, 6) is 0.00109. The van der Waals surface area contributed by atoms with E-state index in [9.17, 15) is 13.9 Å². The van der Waals surface area contributed by atoms with Crippen molar-refractivity contribution in [2.45, 2.75) is 6.54 Å². The van der Waals surface area contributed by atoms with E-state index in [1.807, 2.05) is 22.9 Å². The minimum atomic E-state index is -0.329. The van der Waals surface area contributed by atoms with E-state index in [2.05, 4.69) is 0 Å². The maximum Gasteiger partial charge on any atom is 0.213 e. The Morgan fingerprint density at radius 1 is 0.926 bits per heavy atom. The standard InChI is InChI=1S/C22H18F2NO2/c1-27-22-10-15-13-25(8-9-26)21-7-6-17(24)11-20(21)18(15)12-19(22)14-2-4-16(23)5-3-14/h2-7,10-13,26H,8-9H2,1H3/q+1. The molecule has 0 bridgehead atoms. The van der Waals surface area contributed by atoms with Gasteiger partial charge in [0, 0.05) is 17.0 Å². The lowest BCUT2D eigenvalue weighted by molar-refractivity contribution is -0.671. The molecule has 4 aromatic rings. The zero-order valence-electron chi connectivity index (χ0n) is 14.7. The van der Waals surface area contributed by atoms with Gasteiger partial charge in [0.2, 0.25) is 5.52 Å². The highest BCUT2D eigenvalue weighted by atomic mass is 19.1. The third kappa shape index (κ3) is 3.11. The van der Waals surface area contributed by atoms with Crippen LogP contribution in [-0.2, 0) is 6.54 Å². The van der Waals surface area contributed by atoms with Gasteiger partial charge >= 0.3 is 0 Å². The second-order valence-corrected chi connectivity index (χ2v) is 6.35. The first-order valence-electron chi connectivity index (χ1n) is 8.61. The molecule has 0 unspecified atom stereocenters. The third-order valence-corrected chi connectivity index (χ3v) is 4.72. The van der Waals surface area contributed by atoms with Crippen molar-refractivity contribution < 1.29 is 23.2 Å². The highest BCUT2D eigenvalue weighted by molar-refractivity contribution is 6.06. The Hall–Kier alpha value is -3.05. The number of hydrogen-bond donors (Lipinski definition) is 1. The first-order valence-corrected chi connectivity index (χ1v) is 8.61. The first-order chi connectivity index (χ1) is 13.1. The van der Waals surface area contributed by atoms with E-state index in [1.165, 1.54) is 24.3 Å². The molecule has 3 aromatic carbocycles. The normalized spacial score (nSPS) is 11.3. The fraction of sp³-hybridized carbons (Fsp3) is 0.136. The number of aliphatic hydroxyl groups is 1. The lowest BCUT2D eigenvalue weighted by Crippen LogP contribution is -2.36. The number of aromatic nitrogens is 1. The summed E-state index contributed by atoms with van der Waals surface area (Å²) < 4.78 is 34.7. The lowest BCUT2D eigenvalue weighted by atomic mass is 9.98. The number of halogens is 2. The summed E-state index contributed by atoms with van der Waals surface area (Å²) in [5, 5.41) is 11.8. The SMILES string of the molecule is COc1cc2c[n+](CCO)c3ccc(F)cc3c2cc1-c1ccc(F)cc1. The number of benzene rings is 3. The minimum Gasteiger partial charge on any atom is -0.496 e. The van der Waals surface area contributed by atoms with Crippen molar-refractivity contribution in [2.75, 3.05) is 13.7 Å². The molecule has 136 valence electrons. The topological polar surface area (TPSA) is 33.3 Å². The molecule has 3 nitrogen and oxygen atoms in total. The van der Waals surface area contributed by atoms with Gasteiger partial charge in [0.1, 0.15) is 24.0 Å². The zero-order chi connectivity index (χ0) is 19.0. The number of methoxy groups -OCH3 is 1. The van der Waals surface area contributed by atoms with Crippen LogP contribution in [-0.4, -0.2) is 18.8 Å². The minimum absolute atomic E-state index is 0.0204. The summed E-state index contributed by atoms with van der Waals surface area (Å²) in [6.07, 6.45) is 1.92.